The maximum Gasteiger partial charge on any atom is 0.407 e. The van der Waals surface area contributed by atoms with E-state index >= 15 is 0 Å². The molecule has 2 N–H and O–H groups in total. The van der Waals surface area contributed by atoms with Crippen LogP contribution >= 0.6 is 11.6 Å². The lowest BCUT2D eigenvalue weighted by Gasteiger charge is -2.33. The highest BCUT2D eigenvalue weighted by atomic mass is 35.5. The third kappa shape index (κ3) is 5.37. The molecule has 9 heteroatoms. The van der Waals surface area contributed by atoms with E-state index in [0.29, 0.717) is 17.5 Å². The summed E-state index contributed by atoms with van der Waals surface area (Å²) < 4.78 is 5.52. The second-order valence-electron chi connectivity index (χ2n) is 8.10. The number of nitrogens with zero attached hydrogens (tertiary/aromatic N) is 4. The topological polar surface area (TPSA) is 92.3 Å². The van der Waals surface area contributed by atoms with Crippen molar-refractivity contribution in [3.8, 4) is 0 Å². The number of carbonyl (C=O) groups is 1. The average Bonchev–Trinajstić information content (AvgIpc) is 2.78. The molecule has 168 valence electrons. The Morgan fingerprint density at radius 2 is 2.00 bits per heavy atom. The number of piperidine rings is 1. The van der Waals surface area contributed by atoms with Crippen LogP contribution in [0.4, 0.5) is 16.6 Å². The van der Waals surface area contributed by atoms with Gasteiger partial charge in [0, 0.05) is 55.9 Å². The van der Waals surface area contributed by atoms with Gasteiger partial charge < -0.3 is 20.3 Å². The summed E-state index contributed by atoms with van der Waals surface area (Å²) in [6.45, 7) is 5.86. The molecule has 1 aliphatic heterocycles. The summed E-state index contributed by atoms with van der Waals surface area (Å²) in [4.78, 5) is 27.8. The number of hydrogen-bond donors (Lipinski definition) is 2. The third-order valence-electron chi connectivity index (χ3n) is 5.30. The number of aromatic nitrogens is 3. The molecule has 1 saturated heterocycles. The number of ether oxygens (including phenoxy) is 1. The molecular formula is C23H27ClN6O2. The summed E-state index contributed by atoms with van der Waals surface area (Å²) in [5, 5.41) is 7.61. The highest BCUT2D eigenvalue weighted by Crippen LogP contribution is 2.27. The molecular weight excluding hydrogens is 428 g/mol. The van der Waals surface area contributed by atoms with Gasteiger partial charge in [0.15, 0.2) is 0 Å². The molecule has 2 aromatic heterocycles. The number of alkyl carbamates (subject to hydrolysis) is 1. The molecule has 3 aromatic rings. The number of carbonyl (C=O) groups excluding carboxylic acids is 1. The lowest BCUT2D eigenvalue weighted by Crippen LogP contribution is -2.41. The summed E-state index contributed by atoms with van der Waals surface area (Å²) in [5.74, 6) is 1.39. The van der Waals surface area contributed by atoms with Crippen LogP contribution in [0.1, 0.15) is 32.3 Å². The number of amides is 1. The fraction of sp³-hybridized carbons (Fsp3) is 0.391. The minimum Gasteiger partial charge on any atom is -0.446 e. The van der Waals surface area contributed by atoms with Gasteiger partial charge in [-0.1, -0.05) is 29.8 Å². The fourth-order valence-electron chi connectivity index (χ4n) is 3.70. The Balaban J connectivity index is 1.41. The van der Waals surface area contributed by atoms with E-state index in [-0.39, 0.29) is 18.2 Å². The predicted molar refractivity (Wildman–Crippen MR) is 126 cm³/mol. The van der Waals surface area contributed by atoms with Crippen molar-refractivity contribution >= 4 is 40.4 Å². The number of fused-ring (bicyclic) bond motifs is 1. The summed E-state index contributed by atoms with van der Waals surface area (Å²) in [7, 11) is 0. The Morgan fingerprint density at radius 3 is 2.75 bits per heavy atom. The maximum atomic E-state index is 11.9. The van der Waals surface area contributed by atoms with Crippen LogP contribution in [0.2, 0.25) is 5.02 Å². The second-order valence-corrected chi connectivity index (χ2v) is 8.50. The predicted octanol–water partition coefficient (Wildman–Crippen LogP) is 4.39. The second kappa shape index (κ2) is 9.99. The van der Waals surface area contributed by atoms with Crippen LogP contribution in [0.15, 0.2) is 42.7 Å². The van der Waals surface area contributed by atoms with Gasteiger partial charge in [0.1, 0.15) is 11.9 Å². The molecule has 0 unspecified atom stereocenters. The lowest BCUT2D eigenvalue weighted by molar-refractivity contribution is 0.0815. The molecule has 0 aliphatic carbocycles. The van der Waals surface area contributed by atoms with Gasteiger partial charge in [-0.15, -0.1) is 0 Å². The number of anilines is 2. The highest BCUT2D eigenvalue weighted by molar-refractivity contribution is 6.31. The van der Waals surface area contributed by atoms with Crippen molar-refractivity contribution in [2.75, 3.05) is 23.3 Å². The summed E-state index contributed by atoms with van der Waals surface area (Å²) in [5.41, 5.74) is 1.81. The van der Waals surface area contributed by atoms with Gasteiger partial charge in [-0.3, -0.25) is 0 Å². The van der Waals surface area contributed by atoms with E-state index in [9.17, 15) is 4.79 Å². The van der Waals surface area contributed by atoms with Gasteiger partial charge in [-0.2, -0.15) is 0 Å². The zero-order chi connectivity index (χ0) is 22.5. The van der Waals surface area contributed by atoms with Crippen molar-refractivity contribution in [2.24, 2.45) is 0 Å². The molecule has 0 radical (unpaired) electrons. The number of pyridine rings is 1. The van der Waals surface area contributed by atoms with Gasteiger partial charge >= 0.3 is 6.09 Å². The molecule has 1 aliphatic rings. The van der Waals surface area contributed by atoms with Gasteiger partial charge in [0.05, 0.1) is 10.9 Å². The smallest absolute Gasteiger partial charge is 0.407 e. The minimum atomic E-state index is -0.355. The third-order valence-corrected chi connectivity index (χ3v) is 5.67. The highest BCUT2D eigenvalue weighted by Gasteiger charge is 2.24. The zero-order valence-corrected chi connectivity index (χ0v) is 19.0. The van der Waals surface area contributed by atoms with E-state index in [1.807, 2.05) is 44.2 Å². The monoisotopic (exact) mass is 454 g/mol. The van der Waals surface area contributed by atoms with Crippen LogP contribution in [-0.4, -0.2) is 46.3 Å². The first-order valence-corrected chi connectivity index (χ1v) is 11.2. The normalized spacial score (nSPS) is 14.6. The number of halogens is 1. The molecule has 4 rings (SSSR count). The van der Waals surface area contributed by atoms with E-state index in [1.54, 1.807) is 12.4 Å². The SMILES string of the molecule is CC(C)NC(=O)OC1CCN(c2nccc3nc(NCc4ccccc4Cl)ncc23)CC1. The largest absolute Gasteiger partial charge is 0.446 e. The standard InChI is InChI=1S/C23H27ClN6O2/c1-15(2)28-23(31)32-17-8-11-30(12-9-17)21-18-14-27-22(29-20(18)7-10-25-21)26-13-16-5-3-4-6-19(16)24/h3-7,10,14-15,17H,8-9,11-13H2,1-2H3,(H,28,31)(H,26,27,29). The minimum absolute atomic E-state index is 0.0616. The van der Waals surface area contributed by atoms with Crippen molar-refractivity contribution in [1.29, 1.82) is 0 Å². The van der Waals surface area contributed by atoms with Gasteiger partial charge in [0.2, 0.25) is 5.95 Å². The van der Waals surface area contributed by atoms with E-state index in [0.717, 1.165) is 48.2 Å². The van der Waals surface area contributed by atoms with Crippen LogP contribution < -0.4 is 15.5 Å². The van der Waals surface area contributed by atoms with Crippen molar-refractivity contribution in [3.05, 3.63) is 53.3 Å². The first-order valence-electron chi connectivity index (χ1n) is 10.8. The van der Waals surface area contributed by atoms with E-state index in [2.05, 4.69) is 30.5 Å². The van der Waals surface area contributed by atoms with Crippen molar-refractivity contribution < 1.29 is 9.53 Å². The first-order chi connectivity index (χ1) is 15.5. The summed E-state index contributed by atoms with van der Waals surface area (Å²) in [6, 6.07) is 9.63. The Hall–Kier alpha value is -3.13. The molecule has 1 aromatic carbocycles. The molecule has 1 amide bonds. The Bertz CT molecular complexity index is 1090. The average molecular weight is 455 g/mol. The van der Waals surface area contributed by atoms with E-state index in [1.165, 1.54) is 0 Å². The maximum absolute atomic E-state index is 11.9. The van der Waals surface area contributed by atoms with Crippen LogP contribution in [0.3, 0.4) is 0 Å². The molecule has 8 nitrogen and oxygen atoms in total. The molecule has 0 saturated carbocycles. The van der Waals surface area contributed by atoms with Crippen LogP contribution in [0.5, 0.6) is 0 Å². The van der Waals surface area contributed by atoms with Crippen LogP contribution in [0.25, 0.3) is 10.9 Å². The fourth-order valence-corrected chi connectivity index (χ4v) is 3.90. The van der Waals surface area contributed by atoms with Crippen LogP contribution in [-0.2, 0) is 11.3 Å². The van der Waals surface area contributed by atoms with Crippen molar-refractivity contribution in [1.82, 2.24) is 20.3 Å². The van der Waals surface area contributed by atoms with E-state index in [4.69, 9.17) is 16.3 Å². The Labute approximate surface area is 192 Å². The zero-order valence-electron chi connectivity index (χ0n) is 18.2. The molecule has 0 bridgehead atoms. The molecule has 3 heterocycles. The van der Waals surface area contributed by atoms with Crippen LogP contribution in [0, 0.1) is 0 Å². The number of nitrogens with one attached hydrogen (secondary N) is 2. The number of rotatable bonds is 6. The van der Waals surface area contributed by atoms with Crippen molar-refractivity contribution in [2.45, 2.75) is 45.4 Å². The Kier molecular flexibility index (Phi) is 6.90. The lowest BCUT2D eigenvalue weighted by atomic mass is 10.1. The van der Waals surface area contributed by atoms with E-state index < -0.39 is 0 Å². The van der Waals surface area contributed by atoms with Gasteiger partial charge in [-0.05, 0) is 31.5 Å². The molecule has 32 heavy (non-hydrogen) atoms. The summed E-state index contributed by atoms with van der Waals surface area (Å²) in [6.07, 6.45) is 4.63. The summed E-state index contributed by atoms with van der Waals surface area (Å²) >= 11 is 6.23. The quantitative estimate of drug-likeness (QED) is 0.570. The van der Waals surface area contributed by atoms with Crippen molar-refractivity contribution in [3.63, 3.8) is 0 Å². The van der Waals surface area contributed by atoms with Gasteiger partial charge in [-0.25, -0.2) is 19.7 Å². The molecule has 0 atom stereocenters. The number of hydrogen-bond acceptors (Lipinski definition) is 7. The molecule has 1 fully saturated rings. The van der Waals surface area contributed by atoms with Gasteiger partial charge in [0.25, 0.3) is 0 Å². The Morgan fingerprint density at radius 1 is 1.22 bits per heavy atom. The first kappa shape index (κ1) is 22.1. The number of benzene rings is 1. The molecule has 0 spiro atoms.